The third kappa shape index (κ3) is 9.17. The first-order valence-corrected chi connectivity index (χ1v) is 23.5. The Morgan fingerprint density at radius 3 is 1.51 bits per heavy atom. The molecule has 6 N–H and O–H groups in total. The van der Waals surface area contributed by atoms with Crippen LogP contribution in [0.5, 0.6) is 11.5 Å². The van der Waals surface area contributed by atoms with Gasteiger partial charge in [0.05, 0.1) is 18.0 Å². The maximum absolute atomic E-state index is 12.1. The van der Waals surface area contributed by atoms with Crippen LogP contribution in [0.25, 0.3) is 56.3 Å². The number of primary amides is 1. The van der Waals surface area contributed by atoms with Crippen molar-refractivity contribution in [1.29, 1.82) is 0 Å². The molecule has 5 aromatic carbocycles. The lowest BCUT2D eigenvalue weighted by molar-refractivity contribution is 0.0993. The Bertz CT molecular complexity index is 3250. The van der Waals surface area contributed by atoms with E-state index < -0.39 is 5.91 Å². The molecule has 0 unspecified atom stereocenters. The minimum absolute atomic E-state index is 0.0893. The summed E-state index contributed by atoms with van der Waals surface area (Å²) in [6.07, 6.45) is 6.39. The fourth-order valence-electron chi connectivity index (χ4n) is 8.99. The zero-order chi connectivity index (χ0) is 47.5. The normalized spacial score (nSPS) is 14.6. The van der Waals surface area contributed by atoms with Crippen molar-refractivity contribution in [3.63, 3.8) is 0 Å². The molecule has 348 valence electrons. The van der Waals surface area contributed by atoms with E-state index in [1.165, 1.54) is 18.1 Å². The smallest absolute Gasteiger partial charge is 0.269 e. The SMILES string of the molecule is COCCOc1cc(C(N)=O)nn2c(-c3ccccc3)c(-c3ccc(C4(N)CCC4)cc3)nc12.NC1(c2ccc(-c3nc4c(OCc5ccccc5)cc(Cl)nn4c3-c3ccccc3)cc2)CCC1. The number of benzene rings is 5. The summed E-state index contributed by atoms with van der Waals surface area (Å²) < 4.78 is 20.6. The quantitative estimate of drug-likeness (QED) is 0.0887. The summed E-state index contributed by atoms with van der Waals surface area (Å²) in [4.78, 5) is 22.0. The molecule has 2 aliphatic rings. The molecule has 4 heterocycles. The lowest BCUT2D eigenvalue weighted by Crippen LogP contribution is -2.43. The number of nitrogens with two attached hydrogens (primary N) is 3. The van der Waals surface area contributed by atoms with Crippen molar-refractivity contribution in [2.75, 3.05) is 20.3 Å². The topological polar surface area (TPSA) is 183 Å². The summed E-state index contributed by atoms with van der Waals surface area (Å²) in [5.74, 6) is 0.353. The molecule has 13 nitrogen and oxygen atoms in total. The number of hydrogen-bond donors (Lipinski definition) is 3. The van der Waals surface area contributed by atoms with Gasteiger partial charge in [-0.1, -0.05) is 151 Å². The number of amides is 1. The summed E-state index contributed by atoms with van der Waals surface area (Å²) in [5, 5.41) is 9.47. The summed E-state index contributed by atoms with van der Waals surface area (Å²) in [5.41, 5.74) is 29.8. The van der Waals surface area contributed by atoms with Crippen molar-refractivity contribution in [3.05, 3.63) is 179 Å². The lowest BCUT2D eigenvalue weighted by atomic mass is 9.72. The number of aromatic nitrogens is 6. The van der Waals surface area contributed by atoms with E-state index in [-0.39, 0.29) is 16.8 Å². The van der Waals surface area contributed by atoms with Gasteiger partial charge in [-0.3, -0.25) is 4.79 Å². The Hall–Kier alpha value is -7.42. The fraction of sp³-hybridized carbons (Fsp3) is 0.218. The van der Waals surface area contributed by atoms with Gasteiger partial charge in [0.15, 0.2) is 33.6 Å². The maximum Gasteiger partial charge on any atom is 0.269 e. The molecule has 4 aromatic heterocycles. The van der Waals surface area contributed by atoms with Crippen molar-refractivity contribution in [2.24, 2.45) is 17.2 Å². The number of halogens is 1. The Morgan fingerprint density at radius 2 is 1.06 bits per heavy atom. The summed E-state index contributed by atoms with van der Waals surface area (Å²) >= 11 is 6.46. The van der Waals surface area contributed by atoms with Gasteiger partial charge in [-0.05, 0) is 55.2 Å². The number of carbonyl (C=O) groups is 1. The van der Waals surface area contributed by atoms with Gasteiger partial charge >= 0.3 is 0 Å². The molecule has 0 spiro atoms. The molecule has 0 radical (unpaired) electrons. The minimum atomic E-state index is -0.647. The van der Waals surface area contributed by atoms with E-state index in [1.54, 1.807) is 22.2 Å². The second kappa shape index (κ2) is 19.3. The van der Waals surface area contributed by atoms with Crippen LogP contribution in [0, 0.1) is 0 Å². The number of hydrogen-bond acceptors (Lipinski definition) is 10. The predicted octanol–water partition coefficient (Wildman–Crippen LogP) is 10.2. The number of fused-ring (bicyclic) bond motifs is 2. The van der Waals surface area contributed by atoms with E-state index in [4.69, 9.17) is 53.0 Å². The molecular formula is C55H52ClN9O4. The van der Waals surface area contributed by atoms with Gasteiger partial charge < -0.3 is 31.4 Å². The van der Waals surface area contributed by atoms with Crippen LogP contribution in [-0.4, -0.2) is 55.4 Å². The van der Waals surface area contributed by atoms with Gasteiger partial charge in [0, 0.05) is 52.6 Å². The second-order valence-corrected chi connectivity index (χ2v) is 18.1. The molecule has 1 amide bonds. The Kier molecular flexibility index (Phi) is 12.7. The zero-order valence-corrected chi connectivity index (χ0v) is 39.0. The Morgan fingerprint density at radius 1 is 0.594 bits per heavy atom. The van der Waals surface area contributed by atoms with Crippen molar-refractivity contribution in [2.45, 2.75) is 56.2 Å². The van der Waals surface area contributed by atoms with Crippen LogP contribution in [0.1, 0.15) is 65.7 Å². The highest BCUT2D eigenvalue weighted by Gasteiger charge is 2.35. The van der Waals surface area contributed by atoms with Crippen LogP contribution in [0.4, 0.5) is 0 Å². The highest BCUT2D eigenvalue weighted by Crippen LogP contribution is 2.42. The van der Waals surface area contributed by atoms with E-state index in [2.05, 4.69) is 58.7 Å². The second-order valence-electron chi connectivity index (χ2n) is 17.7. The van der Waals surface area contributed by atoms with Crippen LogP contribution >= 0.6 is 11.6 Å². The first kappa shape index (κ1) is 45.4. The maximum atomic E-state index is 12.1. The number of rotatable bonds is 14. The van der Waals surface area contributed by atoms with Crippen LogP contribution in [0.3, 0.4) is 0 Å². The van der Waals surface area contributed by atoms with Crippen LogP contribution in [0.2, 0.25) is 5.15 Å². The molecule has 2 aliphatic carbocycles. The molecule has 69 heavy (non-hydrogen) atoms. The third-order valence-corrected chi connectivity index (χ3v) is 13.3. The molecule has 14 heteroatoms. The largest absolute Gasteiger partial charge is 0.487 e. The molecule has 0 bridgehead atoms. The highest BCUT2D eigenvalue weighted by molar-refractivity contribution is 6.29. The monoisotopic (exact) mass is 937 g/mol. The van der Waals surface area contributed by atoms with Gasteiger partial charge in [0.25, 0.3) is 5.91 Å². The van der Waals surface area contributed by atoms with Crippen molar-refractivity contribution < 1.29 is 19.0 Å². The third-order valence-electron chi connectivity index (χ3n) is 13.2. The van der Waals surface area contributed by atoms with Gasteiger partial charge in [0.1, 0.15) is 24.6 Å². The molecule has 11 rings (SSSR count). The molecule has 2 fully saturated rings. The van der Waals surface area contributed by atoms with Crippen molar-refractivity contribution in [3.8, 4) is 56.5 Å². The van der Waals surface area contributed by atoms with E-state index in [0.717, 1.165) is 88.3 Å². The van der Waals surface area contributed by atoms with Crippen molar-refractivity contribution >= 4 is 28.8 Å². The number of ether oxygens (including phenoxy) is 3. The van der Waals surface area contributed by atoms with Crippen LogP contribution in [-0.2, 0) is 22.4 Å². The Labute approximate surface area is 404 Å². The highest BCUT2D eigenvalue weighted by atomic mass is 35.5. The first-order chi connectivity index (χ1) is 33.6. The number of nitrogens with zero attached hydrogens (tertiary/aromatic N) is 6. The summed E-state index contributed by atoms with van der Waals surface area (Å²) in [6, 6.07) is 49.9. The van der Waals surface area contributed by atoms with Crippen LogP contribution < -0.4 is 26.7 Å². The first-order valence-electron chi connectivity index (χ1n) is 23.1. The molecule has 2 saturated carbocycles. The number of methoxy groups -OCH3 is 1. The average Bonchev–Trinajstić information content (AvgIpc) is 3.95. The standard InChI is InChI=1S/C29H25ClN4O.C26H27N5O3/c30-25-18-24(35-19-20-8-3-1-4-9-20)28-32-26(27(34(28)33-25)22-10-5-2-6-11-22)21-12-14-23(15-13-21)29(31)16-7-17-29;1-33-14-15-34-21-16-20(24(27)32)30-31-23(18-6-3-2-4-7-18)22(29-25(21)31)17-8-10-19(11-9-17)26(28)12-5-13-26/h1-6,8-15,18H,7,16-17,19,31H2;2-4,6-11,16H,5,12-15,28H2,1H3,(H2,27,32). The minimum Gasteiger partial charge on any atom is -0.487 e. The number of carbonyl (C=O) groups excluding carboxylic acids is 1. The molecule has 0 aliphatic heterocycles. The molecule has 9 aromatic rings. The van der Waals surface area contributed by atoms with E-state index in [0.29, 0.717) is 47.8 Å². The Balaban J connectivity index is 0.000000160. The van der Waals surface area contributed by atoms with E-state index in [1.807, 2.05) is 91.0 Å². The fourth-order valence-corrected chi connectivity index (χ4v) is 9.16. The average molecular weight is 939 g/mol. The molecule has 0 saturated heterocycles. The van der Waals surface area contributed by atoms with E-state index >= 15 is 0 Å². The molecular weight excluding hydrogens is 886 g/mol. The molecule has 0 atom stereocenters. The number of imidazole rings is 2. The van der Waals surface area contributed by atoms with Gasteiger partial charge in [-0.15, -0.1) is 0 Å². The lowest BCUT2D eigenvalue weighted by Gasteiger charge is -2.38. The predicted molar refractivity (Wildman–Crippen MR) is 269 cm³/mol. The van der Waals surface area contributed by atoms with Gasteiger partial charge in [-0.25, -0.2) is 19.0 Å². The van der Waals surface area contributed by atoms with Gasteiger partial charge in [-0.2, -0.15) is 10.2 Å². The van der Waals surface area contributed by atoms with E-state index in [9.17, 15) is 4.79 Å². The van der Waals surface area contributed by atoms with Gasteiger partial charge in [0.2, 0.25) is 0 Å². The summed E-state index contributed by atoms with van der Waals surface area (Å²) in [7, 11) is 1.60. The van der Waals surface area contributed by atoms with Crippen molar-refractivity contribution in [1.82, 2.24) is 29.2 Å². The zero-order valence-electron chi connectivity index (χ0n) is 38.2. The summed E-state index contributed by atoms with van der Waals surface area (Å²) in [6.45, 7) is 1.10. The van der Waals surface area contributed by atoms with Crippen LogP contribution in [0.15, 0.2) is 152 Å².